The maximum absolute atomic E-state index is 14.5. The Morgan fingerprint density at radius 2 is 1.60 bits per heavy atom. The normalized spacial score (nSPS) is 22.1. The molecule has 0 N–H and O–H groups in total. The maximum atomic E-state index is 14.5. The molecule has 9 heteroatoms. The van der Waals surface area contributed by atoms with Gasteiger partial charge in [-0.25, -0.2) is 4.79 Å². The molecule has 1 saturated carbocycles. The topological polar surface area (TPSA) is 110 Å². The number of hydrogen-bond acceptors (Lipinski definition) is 9. The van der Waals surface area contributed by atoms with E-state index in [1.54, 1.807) is 58.2 Å². The lowest BCUT2D eigenvalue weighted by atomic mass is 9.62. The molecule has 0 saturated heterocycles. The Morgan fingerprint density at radius 1 is 0.900 bits per heavy atom. The maximum Gasteiger partial charge on any atom is 0.336 e. The molecule has 0 radical (unpaired) electrons. The van der Waals surface area contributed by atoms with Gasteiger partial charge in [-0.3, -0.25) is 14.6 Å². The van der Waals surface area contributed by atoms with Gasteiger partial charge in [-0.2, -0.15) is 0 Å². The molecule has 2 aliphatic rings. The Balaban J connectivity index is 1.93. The first kappa shape index (κ1) is 28.9. The number of fused-ring (bicyclic) bond motifs is 1. The third kappa shape index (κ3) is 5.20. The smallest absolute Gasteiger partial charge is 0.336 e. The number of ketones is 1. The summed E-state index contributed by atoms with van der Waals surface area (Å²) in [6.07, 6.45) is 0.322. The van der Waals surface area contributed by atoms with Gasteiger partial charge in [0, 0.05) is 28.8 Å². The van der Waals surface area contributed by atoms with Crippen LogP contribution >= 0.6 is 0 Å². The lowest BCUT2D eigenvalue weighted by molar-refractivity contribution is -0.153. The van der Waals surface area contributed by atoms with Crippen molar-refractivity contribution < 1.29 is 38.1 Å². The molecule has 1 aliphatic carbocycles. The van der Waals surface area contributed by atoms with Crippen molar-refractivity contribution in [1.82, 2.24) is 0 Å². The van der Waals surface area contributed by atoms with E-state index in [-0.39, 0.29) is 24.6 Å². The second kappa shape index (κ2) is 12.4. The van der Waals surface area contributed by atoms with Gasteiger partial charge in [0.1, 0.15) is 11.7 Å². The Bertz CT molecular complexity index is 1340. The molecule has 1 heterocycles. The minimum Gasteiger partial charge on any atom is -0.497 e. The number of nitrogens with zero attached hydrogens (tertiary/aromatic N) is 1. The van der Waals surface area contributed by atoms with E-state index in [2.05, 4.69) is 0 Å². The van der Waals surface area contributed by atoms with Crippen LogP contribution in [-0.2, 0) is 23.9 Å². The molecular formula is C31H35NO8. The van der Waals surface area contributed by atoms with Crippen LogP contribution in [-0.4, -0.2) is 58.0 Å². The van der Waals surface area contributed by atoms with Crippen molar-refractivity contribution in [3.8, 4) is 17.2 Å². The zero-order valence-electron chi connectivity index (χ0n) is 23.7. The van der Waals surface area contributed by atoms with Crippen molar-refractivity contribution in [2.45, 2.75) is 39.0 Å². The molecule has 2 aromatic rings. The number of esters is 2. The highest BCUT2D eigenvalue weighted by atomic mass is 16.5. The molecule has 1 unspecified atom stereocenters. The number of hydrogen-bond donors (Lipinski definition) is 0. The quantitative estimate of drug-likeness (QED) is 0.329. The van der Waals surface area contributed by atoms with Gasteiger partial charge in [0.25, 0.3) is 0 Å². The summed E-state index contributed by atoms with van der Waals surface area (Å²) < 4.78 is 27.4. The Hall–Kier alpha value is -4.14. The fourth-order valence-electron chi connectivity index (χ4n) is 5.81. The monoisotopic (exact) mass is 549 g/mol. The van der Waals surface area contributed by atoms with Gasteiger partial charge in [-0.1, -0.05) is 24.3 Å². The van der Waals surface area contributed by atoms with Crippen LogP contribution in [0.2, 0.25) is 0 Å². The molecule has 1 aliphatic heterocycles. The molecule has 40 heavy (non-hydrogen) atoms. The Labute approximate surface area is 234 Å². The van der Waals surface area contributed by atoms with E-state index in [0.29, 0.717) is 40.6 Å². The first-order chi connectivity index (χ1) is 19.3. The van der Waals surface area contributed by atoms with E-state index in [4.69, 9.17) is 28.7 Å². The van der Waals surface area contributed by atoms with Crippen LogP contribution in [0.15, 0.2) is 58.7 Å². The van der Waals surface area contributed by atoms with Gasteiger partial charge in [-0.05, 0) is 51.0 Å². The van der Waals surface area contributed by atoms with Crippen molar-refractivity contribution >= 4 is 23.4 Å². The lowest BCUT2D eigenvalue weighted by Crippen LogP contribution is -2.48. The SMILES string of the molecule is CCOC(=O)C1=C(C)N=C2C[C@@H](c3ccc(OC)cc3)[C@@H](C(=O)OCC)C(=O)C2[C@@H]1c1cccc(OC)c1OC. The van der Waals surface area contributed by atoms with E-state index in [1.165, 1.54) is 14.2 Å². The molecule has 0 amide bonds. The van der Waals surface area contributed by atoms with Crippen LogP contribution in [0.4, 0.5) is 0 Å². The van der Waals surface area contributed by atoms with E-state index in [0.717, 1.165) is 5.56 Å². The number of para-hydroxylation sites is 1. The third-order valence-corrected chi connectivity index (χ3v) is 7.50. The summed E-state index contributed by atoms with van der Waals surface area (Å²) in [7, 11) is 4.60. The Morgan fingerprint density at radius 3 is 2.20 bits per heavy atom. The van der Waals surface area contributed by atoms with Crippen molar-refractivity contribution in [1.29, 1.82) is 0 Å². The first-order valence-corrected chi connectivity index (χ1v) is 13.3. The summed E-state index contributed by atoms with van der Waals surface area (Å²) >= 11 is 0. The molecule has 212 valence electrons. The largest absolute Gasteiger partial charge is 0.497 e. The van der Waals surface area contributed by atoms with E-state index in [9.17, 15) is 14.4 Å². The summed E-state index contributed by atoms with van der Waals surface area (Å²) in [6, 6.07) is 12.6. The number of allylic oxidation sites excluding steroid dienone is 1. The van der Waals surface area contributed by atoms with Gasteiger partial charge in [0.05, 0.1) is 46.0 Å². The van der Waals surface area contributed by atoms with Crippen molar-refractivity contribution in [2.75, 3.05) is 34.5 Å². The number of benzene rings is 2. The second-order valence-electron chi connectivity index (χ2n) is 9.58. The summed E-state index contributed by atoms with van der Waals surface area (Å²) in [6.45, 7) is 5.44. The fourth-order valence-corrected chi connectivity index (χ4v) is 5.81. The van der Waals surface area contributed by atoms with E-state index in [1.807, 2.05) is 12.1 Å². The molecule has 2 aromatic carbocycles. The molecular weight excluding hydrogens is 514 g/mol. The predicted molar refractivity (Wildman–Crippen MR) is 148 cm³/mol. The second-order valence-corrected chi connectivity index (χ2v) is 9.58. The number of Topliss-reactive ketones (excluding diaryl/α,β-unsaturated/α-hetero) is 1. The molecule has 4 atom stereocenters. The highest BCUT2D eigenvalue weighted by Crippen LogP contribution is 2.51. The number of carbonyl (C=O) groups is 3. The van der Waals surface area contributed by atoms with Gasteiger partial charge in [-0.15, -0.1) is 0 Å². The summed E-state index contributed by atoms with van der Waals surface area (Å²) in [5, 5.41) is 0. The van der Waals surface area contributed by atoms with Crippen molar-refractivity contribution in [3.63, 3.8) is 0 Å². The highest BCUT2D eigenvalue weighted by molar-refractivity contribution is 6.18. The zero-order valence-corrected chi connectivity index (χ0v) is 23.7. The summed E-state index contributed by atoms with van der Waals surface area (Å²) in [4.78, 5) is 46.0. The van der Waals surface area contributed by atoms with Crippen LogP contribution in [0.5, 0.6) is 17.2 Å². The third-order valence-electron chi connectivity index (χ3n) is 7.50. The standard InChI is InChI=1S/C31H35NO8/c1-7-39-30(34)24-17(3)32-22-16-21(18-12-14-19(36-4)15-13-18)26(31(35)40-8-2)28(33)27(22)25(24)20-10-9-11-23(37-5)29(20)38-6/h9-15,21,25-27H,7-8,16H2,1-6H3/t21-,25+,26+,27?/m0/s1. The minimum absolute atomic E-state index is 0.129. The molecule has 0 bridgehead atoms. The van der Waals surface area contributed by atoms with Crippen LogP contribution in [0, 0.1) is 11.8 Å². The van der Waals surface area contributed by atoms with Crippen LogP contribution in [0.25, 0.3) is 0 Å². The Kier molecular flexibility index (Phi) is 8.92. The van der Waals surface area contributed by atoms with E-state index >= 15 is 0 Å². The highest BCUT2D eigenvalue weighted by Gasteiger charge is 2.53. The number of methoxy groups -OCH3 is 3. The zero-order chi connectivity index (χ0) is 29.0. The van der Waals surface area contributed by atoms with Crippen molar-refractivity contribution in [2.24, 2.45) is 16.8 Å². The van der Waals surface area contributed by atoms with E-state index < -0.39 is 35.6 Å². The number of carbonyl (C=O) groups excluding carboxylic acids is 3. The fraction of sp³-hybridized carbons (Fsp3) is 0.419. The van der Waals surface area contributed by atoms with Gasteiger partial charge in [0.2, 0.25) is 0 Å². The van der Waals surface area contributed by atoms with Gasteiger partial charge >= 0.3 is 11.9 Å². The molecule has 0 spiro atoms. The number of rotatable bonds is 9. The van der Waals surface area contributed by atoms with Crippen molar-refractivity contribution in [3.05, 3.63) is 64.9 Å². The molecule has 0 aromatic heterocycles. The number of ether oxygens (including phenoxy) is 5. The van der Waals surface area contributed by atoms with Crippen LogP contribution in [0.3, 0.4) is 0 Å². The summed E-state index contributed by atoms with van der Waals surface area (Å²) in [5.41, 5.74) is 2.66. The molecule has 4 rings (SSSR count). The average molecular weight is 550 g/mol. The van der Waals surface area contributed by atoms with Crippen LogP contribution < -0.4 is 14.2 Å². The van der Waals surface area contributed by atoms with Crippen LogP contribution in [0.1, 0.15) is 50.2 Å². The summed E-state index contributed by atoms with van der Waals surface area (Å²) in [5.74, 6) is -3.36. The average Bonchev–Trinajstić information content (AvgIpc) is 2.95. The molecule has 9 nitrogen and oxygen atoms in total. The van der Waals surface area contributed by atoms with Gasteiger partial charge in [0.15, 0.2) is 17.3 Å². The molecule has 1 fully saturated rings. The predicted octanol–water partition coefficient (Wildman–Crippen LogP) is 4.64. The minimum atomic E-state index is -1.10. The first-order valence-electron chi connectivity index (χ1n) is 13.3. The lowest BCUT2D eigenvalue weighted by Gasteiger charge is -2.41. The number of aliphatic imine (C=N–C) groups is 1. The van der Waals surface area contributed by atoms with Gasteiger partial charge < -0.3 is 23.7 Å².